The number of primary sulfonamides is 1. The maximum Gasteiger partial charge on any atom is 0.212 e. The van der Waals surface area contributed by atoms with Gasteiger partial charge in [0.05, 0.1) is 5.25 Å². The Morgan fingerprint density at radius 2 is 1.86 bits per heavy atom. The summed E-state index contributed by atoms with van der Waals surface area (Å²) in [5.74, 6) is 0.385. The summed E-state index contributed by atoms with van der Waals surface area (Å²) in [5, 5.41) is 4.75. The molecule has 0 amide bonds. The van der Waals surface area contributed by atoms with E-state index in [1.54, 1.807) is 6.08 Å². The molecule has 0 rings (SSSR count). The van der Waals surface area contributed by atoms with Gasteiger partial charge in [0.15, 0.2) is 0 Å². The molecule has 0 fully saturated rings. The zero-order chi connectivity index (χ0) is 11.4. The first-order valence-corrected chi connectivity index (χ1v) is 6.52. The molecule has 0 saturated heterocycles. The van der Waals surface area contributed by atoms with Crippen LogP contribution in [0.3, 0.4) is 0 Å². The fourth-order valence-electron chi connectivity index (χ4n) is 1.57. The Kier molecular flexibility index (Phi) is 5.37. The molecule has 0 aliphatic rings. The van der Waals surface area contributed by atoms with Crippen molar-refractivity contribution in [2.24, 2.45) is 17.0 Å². The standard InChI is InChI=1S/C10H21NO2S/c1-5-6-9(4)10(7-8(2)3)14(11,12)13/h5,8-10H,1,6-7H2,2-4H3,(H2,11,12,13)/t9-,10?/m1/s1. The summed E-state index contributed by atoms with van der Waals surface area (Å²) in [6, 6.07) is 0. The minimum atomic E-state index is -3.43. The Hall–Kier alpha value is -0.350. The van der Waals surface area contributed by atoms with E-state index in [9.17, 15) is 8.42 Å². The van der Waals surface area contributed by atoms with Gasteiger partial charge in [-0.2, -0.15) is 0 Å². The van der Waals surface area contributed by atoms with Gasteiger partial charge in [-0.15, -0.1) is 6.58 Å². The van der Waals surface area contributed by atoms with E-state index >= 15 is 0 Å². The molecule has 0 aromatic rings. The fourth-order valence-corrected chi connectivity index (χ4v) is 2.98. The van der Waals surface area contributed by atoms with Crippen molar-refractivity contribution < 1.29 is 8.42 Å². The Morgan fingerprint density at radius 3 is 2.14 bits per heavy atom. The number of nitrogens with two attached hydrogens (primary N) is 1. The van der Waals surface area contributed by atoms with E-state index in [0.717, 1.165) is 0 Å². The van der Waals surface area contributed by atoms with Gasteiger partial charge in [-0.05, 0) is 24.7 Å². The van der Waals surface area contributed by atoms with Gasteiger partial charge in [0.1, 0.15) is 0 Å². The molecule has 2 N–H and O–H groups in total. The topological polar surface area (TPSA) is 60.2 Å². The zero-order valence-corrected chi connectivity index (χ0v) is 10.0. The van der Waals surface area contributed by atoms with Crippen LogP contribution >= 0.6 is 0 Å². The minimum Gasteiger partial charge on any atom is -0.228 e. The highest BCUT2D eigenvalue weighted by Gasteiger charge is 2.27. The predicted molar refractivity (Wildman–Crippen MR) is 60.3 cm³/mol. The molecule has 0 aliphatic carbocycles. The van der Waals surface area contributed by atoms with E-state index in [1.807, 2.05) is 20.8 Å². The Bertz CT molecular complexity index is 270. The van der Waals surface area contributed by atoms with Crippen molar-refractivity contribution in [1.29, 1.82) is 0 Å². The molecule has 2 atom stereocenters. The predicted octanol–water partition coefficient (Wildman–Crippen LogP) is 1.90. The van der Waals surface area contributed by atoms with Crippen LogP contribution < -0.4 is 5.14 Å². The van der Waals surface area contributed by atoms with Crippen molar-refractivity contribution in [2.45, 2.75) is 38.9 Å². The molecule has 0 aromatic heterocycles. The van der Waals surface area contributed by atoms with E-state index in [-0.39, 0.29) is 5.92 Å². The maximum absolute atomic E-state index is 11.3. The lowest BCUT2D eigenvalue weighted by molar-refractivity contribution is 0.441. The lowest BCUT2D eigenvalue weighted by Crippen LogP contribution is -2.35. The normalized spacial score (nSPS) is 16.6. The van der Waals surface area contributed by atoms with Crippen molar-refractivity contribution in [2.75, 3.05) is 0 Å². The van der Waals surface area contributed by atoms with Crippen molar-refractivity contribution in [3.8, 4) is 0 Å². The van der Waals surface area contributed by atoms with Crippen LogP contribution in [0.5, 0.6) is 0 Å². The molecule has 0 heterocycles. The van der Waals surface area contributed by atoms with Gasteiger partial charge in [0.25, 0.3) is 0 Å². The van der Waals surface area contributed by atoms with E-state index in [4.69, 9.17) is 5.14 Å². The Morgan fingerprint density at radius 1 is 1.36 bits per heavy atom. The number of hydrogen-bond donors (Lipinski definition) is 1. The van der Waals surface area contributed by atoms with Gasteiger partial charge in [-0.25, -0.2) is 13.6 Å². The van der Waals surface area contributed by atoms with Crippen LogP contribution in [-0.4, -0.2) is 13.7 Å². The molecular formula is C10H21NO2S. The van der Waals surface area contributed by atoms with E-state index < -0.39 is 15.3 Å². The monoisotopic (exact) mass is 219 g/mol. The van der Waals surface area contributed by atoms with Crippen molar-refractivity contribution in [1.82, 2.24) is 0 Å². The SMILES string of the molecule is C=CC[C@@H](C)C(CC(C)C)S(N)(=O)=O. The van der Waals surface area contributed by atoms with E-state index in [0.29, 0.717) is 18.8 Å². The third-order valence-corrected chi connectivity index (χ3v) is 3.80. The Balaban J connectivity index is 4.64. The lowest BCUT2D eigenvalue weighted by Gasteiger charge is -2.22. The second-order valence-corrected chi connectivity index (χ2v) is 6.04. The maximum atomic E-state index is 11.3. The average Bonchev–Trinajstić information content (AvgIpc) is 1.98. The second kappa shape index (κ2) is 5.51. The molecule has 84 valence electrons. The summed E-state index contributed by atoms with van der Waals surface area (Å²) in [7, 11) is -3.43. The van der Waals surface area contributed by atoms with Crippen LogP contribution in [0.25, 0.3) is 0 Å². The molecule has 3 nitrogen and oxygen atoms in total. The molecule has 0 spiro atoms. The van der Waals surface area contributed by atoms with Gasteiger partial charge < -0.3 is 0 Å². The summed E-state index contributed by atoms with van der Waals surface area (Å²) < 4.78 is 22.7. The summed E-state index contributed by atoms with van der Waals surface area (Å²) in [5.41, 5.74) is 0. The summed E-state index contributed by atoms with van der Waals surface area (Å²) in [6.45, 7) is 9.51. The van der Waals surface area contributed by atoms with Crippen LogP contribution in [0.4, 0.5) is 0 Å². The summed E-state index contributed by atoms with van der Waals surface area (Å²) in [4.78, 5) is 0. The number of rotatable bonds is 6. The number of hydrogen-bond acceptors (Lipinski definition) is 2. The molecule has 0 aromatic carbocycles. The second-order valence-electron chi connectivity index (χ2n) is 4.26. The highest BCUT2D eigenvalue weighted by Crippen LogP contribution is 2.21. The van der Waals surface area contributed by atoms with E-state index in [1.165, 1.54) is 0 Å². The van der Waals surface area contributed by atoms with Crippen LogP contribution in [0.15, 0.2) is 12.7 Å². The molecule has 0 aliphatic heterocycles. The molecule has 14 heavy (non-hydrogen) atoms. The summed E-state index contributed by atoms with van der Waals surface area (Å²) in [6.07, 6.45) is 3.05. The summed E-state index contributed by atoms with van der Waals surface area (Å²) >= 11 is 0. The van der Waals surface area contributed by atoms with Crippen LogP contribution in [-0.2, 0) is 10.0 Å². The van der Waals surface area contributed by atoms with Crippen LogP contribution in [0.2, 0.25) is 0 Å². The van der Waals surface area contributed by atoms with Crippen LogP contribution in [0.1, 0.15) is 33.6 Å². The van der Waals surface area contributed by atoms with Crippen molar-refractivity contribution in [3.05, 3.63) is 12.7 Å². The number of allylic oxidation sites excluding steroid dienone is 1. The largest absolute Gasteiger partial charge is 0.228 e. The van der Waals surface area contributed by atoms with Gasteiger partial charge >= 0.3 is 0 Å². The fraction of sp³-hybridized carbons (Fsp3) is 0.800. The molecule has 1 unspecified atom stereocenters. The average molecular weight is 219 g/mol. The third-order valence-electron chi connectivity index (χ3n) is 2.30. The van der Waals surface area contributed by atoms with Gasteiger partial charge in [-0.1, -0.05) is 26.8 Å². The lowest BCUT2D eigenvalue weighted by atomic mass is 9.96. The molecule has 4 heteroatoms. The highest BCUT2D eigenvalue weighted by atomic mass is 32.2. The number of sulfonamides is 1. The minimum absolute atomic E-state index is 0.0462. The van der Waals surface area contributed by atoms with Crippen molar-refractivity contribution >= 4 is 10.0 Å². The van der Waals surface area contributed by atoms with E-state index in [2.05, 4.69) is 6.58 Å². The Labute approximate surface area is 87.4 Å². The first kappa shape index (κ1) is 13.7. The van der Waals surface area contributed by atoms with Gasteiger partial charge in [-0.3, -0.25) is 0 Å². The van der Waals surface area contributed by atoms with Gasteiger partial charge in [0.2, 0.25) is 10.0 Å². The first-order chi connectivity index (χ1) is 6.29. The zero-order valence-electron chi connectivity index (χ0n) is 9.23. The molecule has 0 radical (unpaired) electrons. The quantitative estimate of drug-likeness (QED) is 0.694. The molecule has 0 saturated carbocycles. The molecule has 0 bridgehead atoms. The van der Waals surface area contributed by atoms with Crippen molar-refractivity contribution in [3.63, 3.8) is 0 Å². The first-order valence-electron chi connectivity index (χ1n) is 4.91. The van der Waals surface area contributed by atoms with Crippen LogP contribution in [0, 0.1) is 11.8 Å². The highest BCUT2D eigenvalue weighted by molar-refractivity contribution is 7.89. The third kappa shape index (κ3) is 4.77. The molecular weight excluding hydrogens is 198 g/mol. The smallest absolute Gasteiger partial charge is 0.212 e. The van der Waals surface area contributed by atoms with Gasteiger partial charge in [0, 0.05) is 0 Å².